The van der Waals surface area contributed by atoms with Crippen LogP contribution in [0.25, 0.3) is 22.4 Å². The Morgan fingerprint density at radius 2 is 1.87 bits per heavy atom. The van der Waals surface area contributed by atoms with Crippen LogP contribution < -0.4 is 11.1 Å². The Labute approximate surface area is 176 Å². The van der Waals surface area contributed by atoms with Crippen molar-refractivity contribution in [1.29, 1.82) is 0 Å². The lowest BCUT2D eigenvalue weighted by Crippen LogP contribution is -2.14. The minimum atomic E-state index is -0.615. The molecule has 0 spiro atoms. The average molecular weight is 419 g/mol. The molecule has 2 amide bonds. The molecule has 148 valence electrons. The molecule has 0 aliphatic carbocycles. The number of nitrogens with one attached hydrogen (secondary N) is 1. The number of hydrogen-bond acceptors (Lipinski definition) is 5. The molecule has 30 heavy (non-hydrogen) atoms. The third kappa shape index (κ3) is 3.78. The number of primary amides is 1. The molecule has 0 atom stereocenters. The topological polar surface area (TPSA) is 111 Å². The molecular formula is C22H15ClN4O3. The Morgan fingerprint density at radius 1 is 1.03 bits per heavy atom. The molecule has 0 aliphatic rings. The summed E-state index contributed by atoms with van der Waals surface area (Å²) in [7, 11) is 0. The van der Waals surface area contributed by atoms with Gasteiger partial charge in [-0.2, -0.15) is 0 Å². The third-order valence-electron chi connectivity index (χ3n) is 4.40. The van der Waals surface area contributed by atoms with Gasteiger partial charge in [0.1, 0.15) is 5.69 Å². The van der Waals surface area contributed by atoms with E-state index in [-0.39, 0.29) is 11.4 Å². The van der Waals surface area contributed by atoms with Crippen molar-refractivity contribution in [1.82, 2.24) is 10.1 Å². The highest BCUT2D eigenvalue weighted by Gasteiger charge is 2.24. The summed E-state index contributed by atoms with van der Waals surface area (Å²) in [5, 5.41) is 7.26. The van der Waals surface area contributed by atoms with Crippen molar-refractivity contribution in [2.24, 2.45) is 5.73 Å². The minimum Gasteiger partial charge on any atom is -0.366 e. The number of carbonyl (C=O) groups excluding carboxylic acids is 2. The summed E-state index contributed by atoms with van der Waals surface area (Å²) in [6.07, 6.45) is 3.24. The first kappa shape index (κ1) is 19.4. The molecule has 0 radical (unpaired) electrons. The van der Waals surface area contributed by atoms with Crippen LogP contribution in [0.15, 0.2) is 77.6 Å². The van der Waals surface area contributed by atoms with Crippen molar-refractivity contribution in [2.45, 2.75) is 0 Å². The fourth-order valence-electron chi connectivity index (χ4n) is 3.05. The second-order valence-electron chi connectivity index (χ2n) is 6.35. The quantitative estimate of drug-likeness (QED) is 0.498. The minimum absolute atomic E-state index is 0.0764. The highest BCUT2D eigenvalue weighted by Crippen LogP contribution is 2.39. The van der Waals surface area contributed by atoms with E-state index >= 15 is 0 Å². The standard InChI is InChI=1S/C22H15ClN4O3/c23-15-7-3-5-13(11-15)21(29)26-22-18(16-8-1-2-9-17(16)20(24)28)19(27-30-22)14-6-4-10-25-12-14/h1-12H,(H2,24,28)(H,26,29). The van der Waals surface area contributed by atoms with Crippen molar-refractivity contribution in [2.75, 3.05) is 5.32 Å². The van der Waals surface area contributed by atoms with E-state index in [1.54, 1.807) is 67.0 Å². The van der Waals surface area contributed by atoms with Crippen molar-refractivity contribution < 1.29 is 14.1 Å². The summed E-state index contributed by atoms with van der Waals surface area (Å²) in [6.45, 7) is 0. The van der Waals surface area contributed by atoms with Gasteiger partial charge in [-0.3, -0.25) is 19.9 Å². The predicted octanol–water partition coefficient (Wildman–Crippen LogP) is 4.41. The normalized spacial score (nSPS) is 10.6. The van der Waals surface area contributed by atoms with Gasteiger partial charge in [-0.25, -0.2) is 0 Å². The first-order valence-electron chi connectivity index (χ1n) is 8.91. The number of halogens is 1. The molecule has 0 saturated heterocycles. The molecule has 2 aromatic heterocycles. The zero-order valence-corrected chi connectivity index (χ0v) is 16.3. The highest BCUT2D eigenvalue weighted by molar-refractivity contribution is 6.31. The molecule has 7 nitrogen and oxygen atoms in total. The van der Waals surface area contributed by atoms with Gasteiger partial charge in [0, 0.05) is 39.7 Å². The SMILES string of the molecule is NC(=O)c1ccccc1-c1c(-c2cccnc2)noc1NC(=O)c1cccc(Cl)c1. The fraction of sp³-hybridized carbons (Fsp3) is 0. The van der Waals surface area contributed by atoms with Crippen molar-refractivity contribution >= 4 is 29.3 Å². The summed E-state index contributed by atoms with van der Waals surface area (Å²) in [5.74, 6) is -0.979. The van der Waals surface area contributed by atoms with Crippen LogP contribution in [0.5, 0.6) is 0 Å². The summed E-state index contributed by atoms with van der Waals surface area (Å²) in [4.78, 5) is 28.9. The summed E-state index contributed by atoms with van der Waals surface area (Å²) >= 11 is 5.98. The smallest absolute Gasteiger partial charge is 0.258 e. The van der Waals surface area contributed by atoms with Gasteiger partial charge in [0.2, 0.25) is 11.8 Å². The van der Waals surface area contributed by atoms with E-state index in [0.29, 0.717) is 33.0 Å². The first-order chi connectivity index (χ1) is 14.5. The number of aromatic nitrogens is 2. The summed E-state index contributed by atoms with van der Waals surface area (Å²) in [5.41, 5.74) is 8.14. The second kappa shape index (κ2) is 8.18. The number of anilines is 1. The maximum absolute atomic E-state index is 12.8. The van der Waals surface area contributed by atoms with Gasteiger partial charge in [0.05, 0.1) is 5.56 Å². The maximum atomic E-state index is 12.8. The number of pyridine rings is 1. The van der Waals surface area contributed by atoms with Gasteiger partial charge >= 0.3 is 0 Å². The third-order valence-corrected chi connectivity index (χ3v) is 4.64. The number of rotatable bonds is 5. The van der Waals surface area contributed by atoms with Crippen LogP contribution >= 0.6 is 11.6 Å². The van der Waals surface area contributed by atoms with Crippen molar-refractivity contribution in [3.05, 3.63) is 89.2 Å². The molecule has 8 heteroatoms. The van der Waals surface area contributed by atoms with Crippen LogP contribution in [0.2, 0.25) is 5.02 Å². The first-order valence-corrected chi connectivity index (χ1v) is 9.28. The predicted molar refractivity (Wildman–Crippen MR) is 113 cm³/mol. The Morgan fingerprint density at radius 3 is 2.60 bits per heavy atom. The maximum Gasteiger partial charge on any atom is 0.258 e. The van der Waals surface area contributed by atoms with Crippen LogP contribution in [0.4, 0.5) is 5.88 Å². The van der Waals surface area contributed by atoms with Gasteiger partial charge in [0.25, 0.3) is 5.91 Å². The van der Waals surface area contributed by atoms with Gasteiger partial charge in [-0.05, 0) is 36.4 Å². The van der Waals surface area contributed by atoms with Crippen molar-refractivity contribution in [3.63, 3.8) is 0 Å². The molecule has 4 rings (SSSR count). The van der Waals surface area contributed by atoms with E-state index in [2.05, 4.69) is 15.5 Å². The fourth-order valence-corrected chi connectivity index (χ4v) is 3.24. The van der Waals surface area contributed by atoms with Gasteiger partial charge < -0.3 is 10.3 Å². The van der Waals surface area contributed by atoms with Gasteiger partial charge in [-0.1, -0.05) is 41.0 Å². The molecule has 0 unspecified atom stereocenters. The molecule has 0 fully saturated rings. The summed E-state index contributed by atoms with van der Waals surface area (Å²) < 4.78 is 5.47. The highest BCUT2D eigenvalue weighted by atomic mass is 35.5. The lowest BCUT2D eigenvalue weighted by atomic mass is 9.96. The van der Waals surface area contributed by atoms with Crippen LogP contribution in [-0.4, -0.2) is 22.0 Å². The molecule has 0 bridgehead atoms. The van der Waals surface area contributed by atoms with Crippen LogP contribution in [0.3, 0.4) is 0 Å². The molecule has 3 N–H and O–H groups in total. The van der Waals surface area contributed by atoms with Crippen LogP contribution in [0, 0.1) is 0 Å². The average Bonchev–Trinajstić information content (AvgIpc) is 3.17. The largest absolute Gasteiger partial charge is 0.366 e. The van der Waals surface area contributed by atoms with E-state index < -0.39 is 11.8 Å². The van der Waals surface area contributed by atoms with E-state index in [9.17, 15) is 9.59 Å². The molecule has 0 aliphatic heterocycles. The lowest BCUT2D eigenvalue weighted by Gasteiger charge is -2.09. The number of carbonyl (C=O) groups is 2. The molecule has 4 aromatic rings. The molecule has 2 aromatic carbocycles. The Kier molecular flexibility index (Phi) is 5.28. The van der Waals surface area contributed by atoms with E-state index in [1.165, 1.54) is 6.07 Å². The number of hydrogen-bond donors (Lipinski definition) is 2. The lowest BCUT2D eigenvalue weighted by molar-refractivity contribution is 0.0998. The monoisotopic (exact) mass is 418 g/mol. The van der Waals surface area contributed by atoms with Crippen molar-refractivity contribution in [3.8, 4) is 22.4 Å². The Balaban J connectivity index is 1.85. The Bertz CT molecular complexity index is 1240. The second-order valence-corrected chi connectivity index (χ2v) is 6.79. The number of nitrogens with zero attached hydrogens (tertiary/aromatic N) is 2. The number of amides is 2. The zero-order valence-electron chi connectivity index (χ0n) is 15.5. The van der Waals surface area contributed by atoms with Crippen LogP contribution in [0.1, 0.15) is 20.7 Å². The van der Waals surface area contributed by atoms with E-state index in [0.717, 1.165) is 0 Å². The van der Waals surface area contributed by atoms with E-state index in [4.69, 9.17) is 21.9 Å². The van der Waals surface area contributed by atoms with Crippen LogP contribution in [-0.2, 0) is 0 Å². The Hall–Kier alpha value is -3.97. The molecule has 2 heterocycles. The zero-order chi connectivity index (χ0) is 21.1. The number of nitrogens with two attached hydrogens (primary N) is 1. The summed E-state index contributed by atoms with van der Waals surface area (Å²) in [6, 6.07) is 16.8. The van der Waals surface area contributed by atoms with E-state index in [1.807, 2.05) is 0 Å². The van der Waals surface area contributed by atoms with Gasteiger partial charge in [0.15, 0.2) is 0 Å². The van der Waals surface area contributed by atoms with Gasteiger partial charge in [-0.15, -0.1) is 0 Å². The molecule has 0 saturated carbocycles. The number of benzene rings is 2. The molecular weight excluding hydrogens is 404 g/mol.